The molecule has 132 valence electrons. The van der Waals surface area contributed by atoms with Gasteiger partial charge in [-0.15, -0.1) is 0 Å². The molecule has 3 nitrogen and oxygen atoms in total. The van der Waals surface area contributed by atoms with Crippen molar-refractivity contribution in [3.8, 4) is 0 Å². The molecule has 3 fully saturated rings. The van der Waals surface area contributed by atoms with E-state index in [-0.39, 0.29) is 22.9 Å². The van der Waals surface area contributed by atoms with Gasteiger partial charge in [0.2, 0.25) is 0 Å². The maximum Gasteiger partial charge on any atom is 0.302 e. The Kier molecular flexibility index (Phi) is 3.71. The lowest BCUT2D eigenvalue weighted by Gasteiger charge is -2.57. The first-order valence-electron chi connectivity index (χ1n) is 9.73. The fourth-order valence-corrected chi connectivity index (χ4v) is 6.82. The fraction of sp³-hybridized carbons (Fsp3) is 0.810. The molecule has 4 aliphatic rings. The maximum atomic E-state index is 11.9. The Balaban J connectivity index is 1.63. The second-order valence-corrected chi connectivity index (χ2v) is 9.19. The van der Waals surface area contributed by atoms with Crippen molar-refractivity contribution < 1.29 is 14.3 Å². The van der Waals surface area contributed by atoms with Crippen LogP contribution in [0.3, 0.4) is 0 Å². The minimum atomic E-state index is -0.132. The van der Waals surface area contributed by atoms with Crippen LogP contribution < -0.4 is 0 Å². The molecule has 0 amide bonds. The van der Waals surface area contributed by atoms with Crippen molar-refractivity contribution in [1.29, 1.82) is 0 Å². The van der Waals surface area contributed by atoms with Gasteiger partial charge in [-0.05, 0) is 61.7 Å². The van der Waals surface area contributed by atoms with Crippen molar-refractivity contribution in [1.82, 2.24) is 0 Å². The van der Waals surface area contributed by atoms with Crippen molar-refractivity contribution in [3.63, 3.8) is 0 Å². The summed E-state index contributed by atoms with van der Waals surface area (Å²) in [6.07, 6.45) is 10.7. The molecule has 3 heteroatoms. The van der Waals surface area contributed by atoms with E-state index in [0.29, 0.717) is 30.0 Å². The van der Waals surface area contributed by atoms with Gasteiger partial charge in [0.1, 0.15) is 11.9 Å². The summed E-state index contributed by atoms with van der Waals surface area (Å²) in [5.74, 6) is 2.36. The molecule has 0 heterocycles. The number of carbonyl (C=O) groups is 2. The van der Waals surface area contributed by atoms with Crippen LogP contribution in [0, 0.1) is 28.6 Å². The van der Waals surface area contributed by atoms with E-state index in [2.05, 4.69) is 19.9 Å². The van der Waals surface area contributed by atoms with Gasteiger partial charge in [0, 0.05) is 25.2 Å². The number of esters is 1. The molecular formula is C21H30O3. The molecule has 3 saturated carbocycles. The third-order valence-corrected chi connectivity index (χ3v) is 8.16. The Morgan fingerprint density at radius 3 is 2.71 bits per heavy atom. The molecule has 4 rings (SSSR count). The van der Waals surface area contributed by atoms with Crippen LogP contribution in [0.4, 0.5) is 0 Å². The zero-order valence-electron chi connectivity index (χ0n) is 15.3. The van der Waals surface area contributed by atoms with E-state index in [1.165, 1.54) is 25.3 Å². The number of carbonyl (C=O) groups excluding carboxylic acids is 2. The van der Waals surface area contributed by atoms with Crippen LogP contribution in [0.2, 0.25) is 0 Å². The third kappa shape index (κ3) is 2.23. The number of hydrogen-bond acceptors (Lipinski definition) is 3. The lowest BCUT2D eigenvalue weighted by molar-refractivity contribution is -0.156. The van der Waals surface area contributed by atoms with Gasteiger partial charge in [-0.1, -0.05) is 25.5 Å². The van der Waals surface area contributed by atoms with E-state index in [0.717, 1.165) is 32.1 Å². The molecule has 0 spiro atoms. The fourth-order valence-electron chi connectivity index (χ4n) is 6.82. The van der Waals surface area contributed by atoms with E-state index >= 15 is 0 Å². The van der Waals surface area contributed by atoms with Crippen LogP contribution in [0.25, 0.3) is 0 Å². The Morgan fingerprint density at radius 2 is 1.96 bits per heavy atom. The molecule has 0 aliphatic heterocycles. The Morgan fingerprint density at radius 1 is 1.17 bits per heavy atom. The number of ketones is 1. The molecule has 0 radical (unpaired) electrons. The number of hydrogen-bond donors (Lipinski definition) is 0. The Bertz CT molecular complexity index is 606. The summed E-state index contributed by atoms with van der Waals surface area (Å²) in [7, 11) is 0. The van der Waals surface area contributed by atoms with Crippen LogP contribution >= 0.6 is 0 Å². The van der Waals surface area contributed by atoms with Crippen LogP contribution in [0.15, 0.2) is 11.6 Å². The minimum absolute atomic E-state index is 0.104. The molecule has 0 aromatic rings. The zero-order chi connectivity index (χ0) is 17.1. The van der Waals surface area contributed by atoms with E-state index in [1.54, 1.807) is 0 Å². The lowest BCUT2D eigenvalue weighted by atomic mass is 9.48. The summed E-state index contributed by atoms with van der Waals surface area (Å²) in [6, 6.07) is 0. The average Bonchev–Trinajstić information content (AvgIpc) is 2.84. The molecular weight excluding hydrogens is 300 g/mol. The standard InChI is InChI=1S/C21H30O3/c1-13(22)24-19-7-6-17-16-5-4-14-12-15(23)8-10-20(14,2)18(16)9-11-21(17,19)3/h4,16-19H,5-12H2,1-3H3/t16-,17-,18+,19?,20-,21-/m0/s1. The molecule has 24 heavy (non-hydrogen) atoms. The topological polar surface area (TPSA) is 43.4 Å². The van der Waals surface area contributed by atoms with Gasteiger partial charge in [0.05, 0.1) is 0 Å². The average molecular weight is 330 g/mol. The highest BCUT2D eigenvalue weighted by atomic mass is 16.5. The predicted octanol–water partition coefficient (Wildman–Crippen LogP) is 4.45. The van der Waals surface area contributed by atoms with E-state index < -0.39 is 0 Å². The minimum Gasteiger partial charge on any atom is -0.462 e. The van der Waals surface area contributed by atoms with Gasteiger partial charge < -0.3 is 4.74 Å². The second kappa shape index (κ2) is 5.44. The molecule has 0 N–H and O–H groups in total. The highest BCUT2D eigenvalue weighted by Gasteiger charge is 2.59. The number of allylic oxidation sites excluding steroid dienone is 2. The monoisotopic (exact) mass is 330 g/mol. The predicted molar refractivity (Wildman–Crippen MR) is 92.3 cm³/mol. The van der Waals surface area contributed by atoms with E-state index in [4.69, 9.17) is 4.74 Å². The van der Waals surface area contributed by atoms with Gasteiger partial charge >= 0.3 is 5.97 Å². The van der Waals surface area contributed by atoms with Gasteiger partial charge in [-0.2, -0.15) is 0 Å². The highest BCUT2D eigenvalue weighted by Crippen LogP contribution is 2.65. The molecule has 0 bridgehead atoms. The van der Waals surface area contributed by atoms with Crippen molar-refractivity contribution in [2.75, 3.05) is 0 Å². The van der Waals surface area contributed by atoms with Crippen molar-refractivity contribution >= 4 is 11.8 Å². The zero-order valence-corrected chi connectivity index (χ0v) is 15.3. The Labute approximate surface area is 145 Å². The smallest absolute Gasteiger partial charge is 0.302 e. The first-order chi connectivity index (χ1) is 11.3. The van der Waals surface area contributed by atoms with Crippen LogP contribution in [-0.2, 0) is 14.3 Å². The van der Waals surface area contributed by atoms with Gasteiger partial charge in [0.25, 0.3) is 0 Å². The van der Waals surface area contributed by atoms with Gasteiger partial charge in [-0.25, -0.2) is 0 Å². The number of Topliss-reactive ketones (excluding diaryl/α,β-unsaturated/α-hetero) is 1. The number of rotatable bonds is 1. The van der Waals surface area contributed by atoms with Crippen LogP contribution in [-0.4, -0.2) is 17.9 Å². The SMILES string of the molecule is CC(=O)OC1CC[C@H]2[C@@H]3CC=C4CC(=O)CC[C@]4(C)[C@@H]3CC[C@]12C. The van der Waals surface area contributed by atoms with Crippen molar-refractivity contribution in [3.05, 3.63) is 11.6 Å². The normalized spacial score (nSPS) is 47.3. The van der Waals surface area contributed by atoms with Crippen molar-refractivity contribution in [2.45, 2.75) is 78.2 Å². The molecule has 6 atom stereocenters. The first-order valence-corrected chi connectivity index (χ1v) is 9.73. The lowest BCUT2D eigenvalue weighted by Crippen LogP contribution is -2.51. The molecule has 1 unspecified atom stereocenters. The highest BCUT2D eigenvalue weighted by molar-refractivity contribution is 5.82. The molecule has 0 aromatic carbocycles. The van der Waals surface area contributed by atoms with E-state index in [1.807, 2.05) is 0 Å². The van der Waals surface area contributed by atoms with Crippen LogP contribution in [0.1, 0.15) is 72.1 Å². The summed E-state index contributed by atoms with van der Waals surface area (Å²) in [5.41, 5.74) is 1.81. The van der Waals surface area contributed by atoms with Crippen molar-refractivity contribution in [2.24, 2.45) is 28.6 Å². The van der Waals surface area contributed by atoms with Crippen LogP contribution in [0.5, 0.6) is 0 Å². The number of ether oxygens (including phenoxy) is 1. The van der Waals surface area contributed by atoms with E-state index in [9.17, 15) is 9.59 Å². The summed E-state index contributed by atoms with van der Waals surface area (Å²) in [6.45, 7) is 6.32. The van der Waals surface area contributed by atoms with Gasteiger partial charge in [-0.3, -0.25) is 9.59 Å². The van der Waals surface area contributed by atoms with Gasteiger partial charge in [0.15, 0.2) is 0 Å². The summed E-state index contributed by atoms with van der Waals surface area (Å²) >= 11 is 0. The molecule has 0 saturated heterocycles. The molecule has 4 aliphatic carbocycles. The maximum absolute atomic E-state index is 11.9. The summed E-state index contributed by atoms with van der Waals surface area (Å²) in [5, 5.41) is 0. The second-order valence-electron chi connectivity index (χ2n) is 9.19. The molecule has 0 aromatic heterocycles. The summed E-state index contributed by atoms with van der Waals surface area (Å²) < 4.78 is 5.71. The summed E-state index contributed by atoms with van der Waals surface area (Å²) in [4.78, 5) is 23.4. The largest absolute Gasteiger partial charge is 0.462 e. The Hall–Kier alpha value is -1.12. The number of fused-ring (bicyclic) bond motifs is 5. The first kappa shape index (κ1) is 16.4. The quantitative estimate of drug-likeness (QED) is 0.527. The third-order valence-electron chi connectivity index (χ3n) is 8.16.